The minimum absolute atomic E-state index is 0.519. The molecule has 15 heavy (non-hydrogen) atoms. The van der Waals surface area contributed by atoms with Gasteiger partial charge in [-0.25, -0.2) is 0 Å². The van der Waals surface area contributed by atoms with Crippen molar-refractivity contribution in [3.63, 3.8) is 0 Å². The molecule has 0 aliphatic carbocycles. The minimum atomic E-state index is 0.519. The second kappa shape index (κ2) is 4.41. The van der Waals surface area contributed by atoms with Crippen LogP contribution in [0.1, 0.15) is 5.56 Å². The molecule has 0 unspecified atom stereocenters. The predicted molar refractivity (Wildman–Crippen MR) is 55.2 cm³/mol. The van der Waals surface area contributed by atoms with Crippen LogP contribution in [0.25, 0.3) is 0 Å². The molecule has 0 radical (unpaired) electrons. The fourth-order valence-corrected chi connectivity index (χ4v) is 1.31. The van der Waals surface area contributed by atoms with E-state index < -0.39 is 0 Å². The van der Waals surface area contributed by atoms with Crippen LogP contribution in [0.2, 0.25) is 0 Å². The lowest BCUT2D eigenvalue weighted by Crippen LogP contribution is -2.19. The Balaban J connectivity index is 2.13. The number of hydrogen-bond donors (Lipinski definition) is 0. The summed E-state index contributed by atoms with van der Waals surface area (Å²) >= 11 is 0. The van der Waals surface area contributed by atoms with E-state index in [2.05, 4.69) is 9.68 Å². The molecule has 2 rings (SSSR count). The summed E-state index contributed by atoms with van der Waals surface area (Å²) in [6.45, 7) is 0.519. The van der Waals surface area contributed by atoms with E-state index in [1.807, 2.05) is 30.3 Å². The molecule has 76 valence electrons. The highest BCUT2D eigenvalue weighted by Gasteiger charge is 2.07. The first kappa shape index (κ1) is 9.45. The summed E-state index contributed by atoms with van der Waals surface area (Å²) in [5.41, 5.74) is 1.72. The Kier molecular flexibility index (Phi) is 2.78. The van der Waals surface area contributed by atoms with Crippen LogP contribution in [-0.2, 0) is 11.3 Å². The van der Waals surface area contributed by atoms with Crippen molar-refractivity contribution in [3.8, 4) is 0 Å². The van der Waals surface area contributed by atoms with E-state index in [0.717, 1.165) is 12.0 Å². The molecule has 0 spiro atoms. The van der Waals surface area contributed by atoms with Crippen molar-refractivity contribution in [2.45, 2.75) is 6.54 Å². The standard InChI is InChI=1S/C11H10N2O2/c14-9-13(11-6-12-15-8-11)7-10-4-2-1-3-5-10/h1-6,8-9H,7H2. The molecule has 4 nitrogen and oxygen atoms in total. The quantitative estimate of drug-likeness (QED) is 0.710. The number of rotatable bonds is 4. The van der Waals surface area contributed by atoms with Crippen LogP contribution in [0.4, 0.5) is 5.69 Å². The first-order valence-electron chi connectivity index (χ1n) is 4.55. The topological polar surface area (TPSA) is 46.3 Å². The number of nitrogens with zero attached hydrogens (tertiary/aromatic N) is 2. The van der Waals surface area contributed by atoms with Crippen LogP contribution in [0.15, 0.2) is 47.3 Å². The molecule has 2 aromatic rings. The number of amides is 1. The Labute approximate surface area is 87.1 Å². The van der Waals surface area contributed by atoms with Gasteiger partial charge in [-0.05, 0) is 5.56 Å². The lowest BCUT2D eigenvalue weighted by Gasteiger charge is -2.13. The molecule has 4 heteroatoms. The maximum absolute atomic E-state index is 10.9. The summed E-state index contributed by atoms with van der Waals surface area (Å²) in [7, 11) is 0. The second-order valence-electron chi connectivity index (χ2n) is 3.10. The summed E-state index contributed by atoms with van der Waals surface area (Å²) < 4.78 is 4.68. The van der Waals surface area contributed by atoms with Crippen LogP contribution < -0.4 is 4.90 Å². The molecule has 0 aliphatic rings. The fourth-order valence-electron chi connectivity index (χ4n) is 1.31. The van der Waals surface area contributed by atoms with Crippen molar-refractivity contribution in [2.24, 2.45) is 0 Å². The third-order valence-electron chi connectivity index (χ3n) is 2.07. The van der Waals surface area contributed by atoms with Crippen LogP contribution >= 0.6 is 0 Å². The molecular weight excluding hydrogens is 192 g/mol. The van der Waals surface area contributed by atoms with Gasteiger partial charge in [0.15, 0.2) is 0 Å². The Bertz CT molecular complexity index is 411. The predicted octanol–water partition coefficient (Wildman–Crippen LogP) is 1.84. The molecule has 0 bridgehead atoms. The van der Waals surface area contributed by atoms with Gasteiger partial charge in [-0.1, -0.05) is 35.5 Å². The van der Waals surface area contributed by atoms with Crippen molar-refractivity contribution in [3.05, 3.63) is 48.4 Å². The first-order chi connectivity index (χ1) is 7.40. The maximum atomic E-state index is 10.9. The zero-order valence-corrected chi connectivity index (χ0v) is 8.04. The molecule has 1 amide bonds. The first-order valence-corrected chi connectivity index (χ1v) is 4.55. The number of aromatic nitrogens is 1. The van der Waals surface area contributed by atoms with Gasteiger partial charge in [0.25, 0.3) is 0 Å². The summed E-state index contributed by atoms with van der Waals surface area (Å²) in [6, 6.07) is 9.74. The van der Waals surface area contributed by atoms with Crippen molar-refractivity contribution < 1.29 is 9.32 Å². The molecule has 1 aromatic heterocycles. The number of carbonyl (C=O) groups is 1. The molecule has 0 saturated heterocycles. The Morgan fingerprint density at radius 3 is 2.73 bits per heavy atom. The van der Waals surface area contributed by atoms with Crippen LogP contribution in [0.3, 0.4) is 0 Å². The van der Waals surface area contributed by atoms with Gasteiger partial charge in [0, 0.05) is 0 Å². The number of hydrogen-bond acceptors (Lipinski definition) is 3. The highest BCUT2D eigenvalue weighted by atomic mass is 16.5. The van der Waals surface area contributed by atoms with Gasteiger partial charge >= 0.3 is 0 Å². The van der Waals surface area contributed by atoms with Gasteiger partial charge in [-0.15, -0.1) is 0 Å². The summed E-state index contributed by atoms with van der Waals surface area (Å²) in [6.07, 6.45) is 3.72. The molecule has 0 N–H and O–H groups in total. The molecule has 0 aliphatic heterocycles. The van der Waals surface area contributed by atoms with Crippen LogP contribution in [-0.4, -0.2) is 11.6 Å². The highest BCUT2D eigenvalue weighted by molar-refractivity contribution is 5.73. The average Bonchev–Trinajstić information content (AvgIpc) is 2.81. The van der Waals surface area contributed by atoms with Gasteiger partial charge < -0.3 is 9.42 Å². The minimum Gasteiger partial charge on any atom is -0.363 e. The monoisotopic (exact) mass is 202 g/mol. The van der Waals surface area contributed by atoms with Gasteiger partial charge in [-0.2, -0.15) is 0 Å². The summed E-state index contributed by atoms with van der Waals surface area (Å²) in [5.74, 6) is 0. The number of carbonyl (C=O) groups excluding carboxylic acids is 1. The van der Waals surface area contributed by atoms with E-state index in [9.17, 15) is 4.79 Å². The molecule has 0 saturated carbocycles. The van der Waals surface area contributed by atoms with E-state index in [0.29, 0.717) is 12.2 Å². The van der Waals surface area contributed by atoms with Gasteiger partial charge in [0.05, 0.1) is 12.7 Å². The van der Waals surface area contributed by atoms with E-state index >= 15 is 0 Å². The van der Waals surface area contributed by atoms with E-state index in [1.165, 1.54) is 17.4 Å². The zero-order chi connectivity index (χ0) is 10.5. The molecule has 1 heterocycles. The molecule has 0 fully saturated rings. The SMILES string of the molecule is O=CN(Cc1ccccc1)c1cnoc1. The van der Waals surface area contributed by atoms with Crippen LogP contribution in [0, 0.1) is 0 Å². The van der Waals surface area contributed by atoms with E-state index in [-0.39, 0.29) is 0 Å². The number of benzene rings is 1. The van der Waals surface area contributed by atoms with Gasteiger partial charge in [-0.3, -0.25) is 4.79 Å². The zero-order valence-electron chi connectivity index (χ0n) is 8.04. The van der Waals surface area contributed by atoms with Gasteiger partial charge in [0.2, 0.25) is 6.41 Å². The third-order valence-corrected chi connectivity index (χ3v) is 2.07. The summed E-state index contributed by atoms with van der Waals surface area (Å²) in [4.78, 5) is 12.4. The van der Waals surface area contributed by atoms with Gasteiger partial charge in [0.1, 0.15) is 12.0 Å². The van der Waals surface area contributed by atoms with Crippen molar-refractivity contribution >= 4 is 12.1 Å². The fraction of sp³-hybridized carbons (Fsp3) is 0.0909. The highest BCUT2D eigenvalue weighted by Crippen LogP contribution is 2.13. The maximum Gasteiger partial charge on any atom is 0.214 e. The average molecular weight is 202 g/mol. The number of anilines is 1. The molecule has 0 atom stereocenters. The normalized spacial score (nSPS) is 9.87. The van der Waals surface area contributed by atoms with E-state index in [1.54, 1.807) is 0 Å². The lowest BCUT2D eigenvalue weighted by atomic mass is 10.2. The third kappa shape index (κ3) is 2.22. The molecular formula is C11H10N2O2. The Morgan fingerprint density at radius 2 is 2.13 bits per heavy atom. The largest absolute Gasteiger partial charge is 0.363 e. The molecule has 1 aromatic carbocycles. The van der Waals surface area contributed by atoms with E-state index in [4.69, 9.17) is 0 Å². The summed E-state index contributed by atoms with van der Waals surface area (Å²) in [5, 5.41) is 3.56. The Morgan fingerprint density at radius 1 is 1.33 bits per heavy atom. The Hall–Kier alpha value is -2.10. The van der Waals surface area contributed by atoms with Crippen molar-refractivity contribution in [2.75, 3.05) is 4.90 Å². The second-order valence-corrected chi connectivity index (χ2v) is 3.10. The smallest absolute Gasteiger partial charge is 0.214 e. The van der Waals surface area contributed by atoms with Crippen molar-refractivity contribution in [1.29, 1.82) is 0 Å². The van der Waals surface area contributed by atoms with Crippen LogP contribution in [0.5, 0.6) is 0 Å². The lowest BCUT2D eigenvalue weighted by molar-refractivity contribution is -0.107. The van der Waals surface area contributed by atoms with Crippen molar-refractivity contribution in [1.82, 2.24) is 5.16 Å².